The Kier molecular flexibility index (Phi) is 5.56. The maximum absolute atomic E-state index is 12.3. The summed E-state index contributed by atoms with van der Waals surface area (Å²) in [5.41, 5.74) is 7.13. The molecule has 3 N–H and O–H groups in total. The zero-order valence-corrected chi connectivity index (χ0v) is 13.6. The van der Waals surface area contributed by atoms with Crippen LogP contribution in [0.15, 0.2) is 18.2 Å². The number of piperidine rings is 1. The van der Waals surface area contributed by atoms with Crippen LogP contribution in [0.25, 0.3) is 0 Å². The first-order chi connectivity index (χ1) is 9.95. The molecule has 1 heterocycles. The number of benzene rings is 1. The number of hydrogen-bond acceptors (Lipinski definition) is 3. The third-order valence-corrected chi connectivity index (χ3v) is 4.10. The summed E-state index contributed by atoms with van der Waals surface area (Å²) in [6, 6.07) is 5.53. The fraction of sp³-hybridized carbons (Fsp3) is 0.467. The Hall–Kier alpha value is -1.17. The number of nitrogens with one attached hydrogen (secondary N) is 1. The second kappa shape index (κ2) is 7.20. The van der Waals surface area contributed by atoms with Crippen molar-refractivity contribution in [1.29, 1.82) is 0 Å². The molecule has 2 rings (SSSR count). The highest BCUT2D eigenvalue weighted by atomic mass is 35.5. The summed E-state index contributed by atoms with van der Waals surface area (Å²) in [4.78, 5) is 15.0. The van der Waals surface area contributed by atoms with Crippen molar-refractivity contribution < 1.29 is 4.79 Å². The molecular formula is C15H20ClN3OS. The summed E-state index contributed by atoms with van der Waals surface area (Å²) >= 11 is 10.8. The molecule has 0 unspecified atom stereocenters. The smallest absolute Gasteiger partial charge is 0.251 e. The Morgan fingerprint density at radius 1 is 1.48 bits per heavy atom. The number of carbonyl (C=O) groups excluding carboxylic acids is 1. The minimum absolute atomic E-state index is 0.0306. The van der Waals surface area contributed by atoms with Gasteiger partial charge in [-0.2, -0.15) is 0 Å². The van der Waals surface area contributed by atoms with E-state index in [2.05, 4.69) is 10.2 Å². The number of carbonyl (C=O) groups is 1. The van der Waals surface area contributed by atoms with Crippen LogP contribution in [0.3, 0.4) is 0 Å². The molecule has 1 fully saturated rings. The van der Waals surface area contributed by atoms with Crippen molar-refractivity contribution in [2.75, 3.05) is 19.6 Å². The van der Waals surface area contributed by atoms with Crippen LogP contribution in [0.2, 0.25) is 5.02 Å². The van der Waals surface area contributed by atoms with Gasteiger partial charge in [-0.05, 0) is 43.5 Å². The predicted octanol–water partition coefficient (Wildman–Crippen LogP) is 2.13. The van der Waals surface area contributed by atoms with Gasteiger partial charge < -0.3 is 11.1 Å². The highest BCUT2D eigenvalue weighted by Crippen LogP contribution is 2.16. The summed E-state index contributed by atoms with van der Waals surface area (Å²) < 4.78 is 0. The van der Waals surface area contributed by atoms with E-state index in [-0.39, 0.29) is 11.9 Å². The molecule has 0 aliphatic carbocycles. The minimum atomic E-state index is -0.0306. The van der Waals surface area contributed by atoms with E-state index in [0.717, 1.165) is 31.5 Å². The SMILES string of the molecule is Cc1cc(Cl)ccc1C(=O)NC1CCN(CC(N)=S)CC1. The summed E-state index contributed by atoms with van der Waals surface area (Å²) in [5.74, 6) is -0.0306. The molecule has 0 spiro atoms. The third kappa shape index (κ3) is 4.66. The van der Waals surface area contributed by atoms with Gasteiger partial charge in [0, 0.05) is 36.3 Å². The van der Waals surface area contributed by atoms with Crippen LogP contribution in [0.1, 0.15) is 28.8 Å². The van der Waals surface area contributed by atoms with Crippen molar-refractivity contribution in [3.05, 3.63) is 34.3 Å². The van der Waals surface area contributed by atoms with E-state index in [9.17, 15) is 4.79 Å². The highest BCUT2D eigenvalue weighted by Gasteiger charge is 2.21. The molecule has 0 radical (unpaired) electrons. The zero-order chi connectivity index (χ0) is 15.4. The second-order valence-corrected chi connectivity index (χ2v) is 6.41. The van der Waals surface area contributed by atoms with Crippen LogP contribution in [0.5, 0.6) is 0 Å². The monoisotopic (exact) mass is 325 g/mol. The Morgan fingerprint density at radius 3 is 2.71 bits per heavy atom. The quantitative estimate of drug-likeness (QED) is 0.833. The Labute approximate surface area is 135 Å². The van der Waals surface area contributed by atoms with Gasteiger partial charge >= 0.3 is 0 Å². The lowest BCUT2D eigenvalue weighted by atomic mass is 10.0. The van der Waals surface area contributed by atoms with Crippen molar-refractivity contribution in [2.24, 2.45) is 5.73 Å². The fourth-order valence-electron chi connectivity index (χ4n) is 2.60. The maximum Gasteiger partial charge on any atom is 0.251 e. The lowest BCUT2D eigenvalue weighted by Crippen LogP contribution is -2.46. The van der Waals surface area contributed by atoms with Crippen LogP contribution in [0.4, 0.5) is 0 Å². The number of halogens is 1. The normalized spacial score (nSPS) is 16.7. The van der Waals surface area contributed by atoms with E-state index in [1.54, 1.807) is 18.2 Å². The Morgan fingerprint density at radius 2 is 2.14 bits per heavy atom. The first-order valence-corrected chi connectivity index (χ1v) is 7.82. The Balaban J connectivity index is 1.88. The fourth-order valence-corrected chi connectivity index (χ4v) is 3.01. The van der Waals surface area contributed by atoms with Gasteiger partial charge in [-0.25, -0.2) is 0 Å². The first kappa shape index (κ1) is 16.2. The average molecular weight is 326 g/mol. The molecule has 0 aromatic heterocycles. The second-order valence-electron chi connectivity index (χ2n) is 5.45. The average Bonchev–Trinajstić information content (AvgIpc) is 2.40. The van der Waals surface area contributed by atoms with Crippen molar-refractivity contribution in [1.82, 2.24) is 10.2 Å². The summed E-state index contributed by atoms with van der Waals surface area (Å²) in [5, 5.41) is 3.74. The van der Waals surface area contributed by atoms with E-state index in [4.69, 9.17) is 29.6 Å². The topological polar surface area (TPSA) is 58.4 Å². The number of rotatable bonds is 4. The number of thiocarbonyl (C=S) groups is 1. The highest BCUT2D eigenvalue weighted by molar-refractivity contribution is 7.80. The first-order valence-electron chi connectivity index (χ1n) is 7.03. The van der Waals surface area contributed by atoms with Gasteiger partial charge in [-0.3, -0.25) is 9.69 Å². The predicted molar refractivity (Wildman–Crippen MR) is 89.9 cm³/mol. The number of nitrogens with two attached hydrogens (primary N) is 1. The van der Waals surface area contributed by atoms with Crippen molar-refractivity contribution in [3.8, 4) is 0 Å². The van der Waals surface area contributed by atoms with E-state index >= 15 is 0 Å². The molecule has 0 atom stereocenters. The molecule has 1 aromatic rings. The van der Waals surface area contributed by atoms with Crippen molar-refractivity contribution in [3.63, 3.8) is 0 Å². The van der Waals surface area contributed by atoms with Gasteiger partial charge in [0.2, 0.25) is 0 Å². The number of likely N-dealkylation sites (tertiary alicyclic amines) is 1. The van der Waals surface area contributed by atoms with Crippen LogP contribution < -0.4 is 11.1 Å². The van der Waals surface area contributed by atoms with Crippen LogP contribution in [-0.4, -0.2) is 41.5 Å². The van der Waals surface area contributed by atoms with Gasteiger partial charge in [-0.1, -0.05) is 23.8 Å². The number of nitrogens with zero attached hydrogens (tertiary/aromatic N) is 1. The van der Waals surface area contributed by atoms with Gasteiger partial charge in [0.25, 0.3) is 5.91 Å². The standard InChI is InChI=1S/C15H20ClN3OS/c1-10-8-11(16)2-3-13(10)15(20)18-12-4-6-19(7-5-12)9-14(17)21/h2-3,8,12H,4-7,9H2,1H3,(H2,17,21)(H,18,20). The van der Waals surface area contributed by atoms with Crippen molar-refractivity contribution >= 4 is 34.7 Å². The van der Waals surface area contributed by atoms with Crippen molar-refractivity contribution in [2.45, 2.75) is 25.8 Å². The molecular weight excluding hydrogens is 306 g/mol. The summed E-state index contributed by atoms with van der Waals surface area (Å²) in [6.45, 7) is 4.36. The lowest BCUT2D eigenvalue weighted by Gasteiger charge is -2.32. The Bertz CT molecular complexity index is 542. The van der Waals surface area contributed by atoms with Gasteiger partial charge in [0.05, 0.1) is 4.99 Å². The molecule has 4 nitrogen and oxygen atoms in total. The minimum Gasteiger partial charge on any atom is -0.392 e. The van der Waals surface area contributed by atoms with Gasteiger partial charge in [0.1, 0.15) is 0 Å². The molecule has 1 aliphatic heterocycles. The molecule has 1 aliphatic rings. The van der Waals surface area contributed by atoms with Crippen LogP contribution in [0, 0.1) is 6.92 Å². The number of hydrogen-bond donors (Lipinski definition) is 2. The molecule has 1 amide bonds. The zero-order valence-electron chi connectivity index (χ0n) is 12.1. The largest absolute Gasteiger partial charge is 0.392 e. The maximum atomic E-state index is 12.3. The molecule has 114 valence electrons. The summed E-state index contributed by atoms with van der Waals surface area (Å²) in [6.07, 6.45) is 1.84. The van der Waals surface area contributed by atoms with E-state index in [1.807, 2.05) is 6.92 Å². The molecule has 1 aromatic carbocycles. The van der Waals surface area contributed by atoms with E-state index in [0.29, 0.717) is 22.1 Å². The van der Waals surface area contributed by atoms with E-state index < -0.39 is 0 Å². The van der Waals surface area contributed by atoms with Crippen LogP contribution >= 0.6 is 23.8 Å². The number of aryl methyl sites for hydroxylation is 1. The summed E-state index contributed by atoms with van der Waals surface area (Å²) in [7, 11) is 0. The molecule has 1 saturated heterocycles. The van der Waals surface area contributed by atoms with Gasteiger partial charge in [-0.15, -0.1) is 0 Å². The van der Waals surface area contributed by atoms with E-state index in [1.165, 1.54) is 0 Å². The van der Waals surface area contributed by atoms with Gasteiger partial charge in [0.15, 0.2) is 0 Å². The number of amides is 1. The molecule has 0 saturated carbocycles. The lowest BCUT2D eigenvalue weighted by molar-refractivity contribution is 0.0914. The third-order valence-electron chi connectivity index (χ3n) is 3.74. The molecule has 21 heavy (non-hydrogen) atoms. The molecule has 6 heteroatoms. The molecule has 0 bridgehead atoms. The van der Waals surface area contributed by atoms with Crippen LogP contribution in [-0.2, 0) is 0 Å².